The average molecular weight is 270 g/mol. The highest BCUT2D eigenvalue weighted by molar-refractivity contribution is 7.11. The minimum Gasteiger partial charge on any atom is -0.392 e. The molecular weight excluding hydrogens is 244 g/mol. The molecule has 1 aromatic rings. The zero-order chi connectivity index (χ0) is 13.5. The summed E-state index contributed by atoms with van der Waals surface area (Å²) in [6, 6.07) is 0. The van der Waals surface area contributed by atoms with E-state index in [9.17, 15) is 5.11 Å². The molecule has 1 heterocycles. The minimum atomic E-state index is -0.238. The van der Waals surface area contributed by atoms with Gasteiger partial charge in [0.2, 0.25) is 0 Å². The number of aliphatic hydroxyl groups is 1. The van der Waals surface area contributed by atoms with Crippen LogP contribution in [0.5, 0.6) is 0 Å². The zero-order valence-corrected chi connectivity index (χ0v) is 12.8. The van der Waals surface area contributed by atoms with Crippen LogP contribution in [-0.2, 0) is 6.54 Å². The van der Waals surface area contributed by atoms with Crippen molar-refractivity contribution in [3.63, 3.8) is 0 Å². The van der Waals surface area contributed by atoms with Gasteiger partial charge in [-0.3, -0.25) is 0 Å². The van der Waals surface area contributed by atoms with Crippen LogP contribution in [0.3, 0.4) is 0 Å². The molecule has 3 nitrogen and oxygen atoms in total. The summed E-state index contributed by atoms with van der Waals surface area (Å²) in [5.41, 5.74) is 0. The Kier molecular flexibility index (Phi) is 6.82. The Balaban J connectivity index is 2.32. The fraction of sp³-hybridized carbons (Fsp3) is 0.786. The molecule has 0 spiro atoms. The van der Waals surface area contributed by atoms with E-state index in [1.54, 1.807) is 11.3 Å². The number of rotatable bonds is 8. The summed E-state index contributed by atoms with van der Waals surface area (Å²) in [7, 11) is 0. The first-order valence-electron chi connectivity index (χ1n) is 6.91. The molecule has 0 aliphatic rings. The van der Waals surface area contributed by atoms with Crippen LogP contribution in [0, 0.1) is 5.92 Å². The molecule has 0 amide bonds. The summed E-state index contributed by atoms with van der Waals surface area (Å²) in [6.07, 6.45) is 3.78. The van der Waals surface area contributed by atoms with E-state index in [-0.39, 0.29) is 6.10 Å². The van der Waals surface area contributed by atoms with Crippen LogP contribution < -0.4 is 5.32 Å². The Morgan fingerprint density at radius 3 is 2.50 bits per heavy atom. The molecule has 2 N–H and O–H groups in total. The van der Waals surface area contributed by atoms with Gasteiger partial charge in [0.15, 0.2) is 0 Å². The third-order valence-corrected chi connectivity index (χ3v) is 4.61. The van der Waals surface area contributed by atoms with Crippen LogP contribution in [0.25, 0.3) is 0 Å². The van der Waals surface area contributed by atoms with Gasteiger partial charge in [-0.25, -0.2) is 4.98 Å². The highest BCUT2D eigenvalue weighted by Crippen LogP contribution is 2.20. The molecule has 4 heteroatoms. The van der Waals surface area contributed by atoms with E-state index in [0.29, 0.717) is 18.4 Å². The van der Waals surface area contributed by atoms with Crippen LogP contribution in [0.2, 0.25) is 0 Å². The summed E-state index contributed by atoms with van der Waals surface area (Å²) >= 11 is 1.76. The molecule has 1 rings (SSSR count). The Hall–Kier alpha value is -0.450. The Morgan fingerprint density at radius 2 is 2.00 bits per heavy atom. The van der Waals surface area contributed by atoms with Crippen LogP contribution >= 0.6 is 11.3 Å². The minimum absolute atomic E-state index is 0.238. The lowest BCUT2D eigenvalue weighted by molar-refractivity contribution is 0.101. The van der Waals surface area contributed by atoms with Gasteiger partial charge in [-0.1, -0.05) is 40.5 Å². The molecule has 0 bridgehead atoms. The molecule has 1 unspecified atom stereocenters. The normalized spacial score (nSPS) is 13.5. The van der Waals surface area contributed by atoms with Crippen molar-refractivity contribution in [3.8, 4) is 0 Å². The van der Waals surface area contributed by atoms with E-state index in [0.717, 1.165) is 19.4 Å². The van der Waals surface area contributed by atoms with E-state index in [1.807, 2.05) is 6.20 Å². The van der Waals surface area contributed by atoms with E-state index >= 15 is 0 Å². The lowest BCUT2D eigenvalue weighted by Crippen LogP contribution is -2.32. The van der Waals surface area contributed by atoms with E-state index in [4.69, 9.17) is 0 Å². The lowest BCUT2D eigenvalue weighted by Gasteiger charge is -2.20. The van der Waals surface area contributed by atoms with Gasteiger partial charge in [-0.2, -0.15) is 0 Å². The molecule has 1 atom stereocenters. The fourth-order valence-corrected chi connectivity index (χ4v) is 2.90. The highest BCUT2D eigenvalue weighted by atomic mass is 32.1. The lowest BCUT2D eigenvalue weighted by atomic mass is 9.97. The molecular formula is C14H26N2OS. The summed E-state index contributed by atoms with van der Waals surface area (Å²) in [6.45, 7) is 10.1. The number of nitrogens with zero attached hydrogens (tertiary/aromatic N) is 1. The first-order chi connectivity index (χ1) is 8.58. The van der Waals surface area contributed by atoms with Gasteiger partial charge in [-0.05, 0) is 5.92 Å². The van der Waals surface area contributed by atoms with Crippen molar-refractivity contribution in [2.75, 3.05) is 6.54 Å². The molecule has 104 valence electrons. The van der Waals surface area contributed by atoms with E-state index < -0.39 is 0 Å². The van der Waals surface area contributed by atoms with Crippen molar-refractivity contribution in [1.82, 2.24) is 10.3 Å². The molecule has 0 aromatic carbocycles. The Labute approximate surface area is 115 Å². The second kappa shape index (κ2) is 7.87. The topological polar surface area (TPSA) is 45.1 Å². The summed E-state index contributed by atoms with van der Waals surface area (Å²) in [4.78, 5) is 5.64. The number of aliphatic hydroxyl groups excluding tert-OH is 1. The molecule has 0 saturated heterocycles. The van der Waals surface area contributed by atoms with Gasteiger partial charge in [-0.15, -0.1) is 11.3 Å². The van der Waals surface area contributed by atoms with Crippen molar-refractivity contribution in [1.29, 1.82) is 0 Å². The molecule has 0 aliphatic heterocycles. The molecule has 0 aliphatic carbocycles. The predicted octanol–water partition coefficient (Wildman–Crippen LogP) is 3.15. The maximum Gasteiger partial charge on any atom is 0.0953 e. The first kappa shape index (κ1) is 15.6. The fourth-order valence-electron chi connectivity index (χ4n) is 2.01. The quantitative estimate of drug-likeness (QED) is 0.763. The van der Waals surface area contributed by atoms with Gasteiger partial charge in [0.25, 0.3) is 0 Å². The number of thiazole rings is 1. The standard InChI is InChI=1S/C14H26N2OS/c1-5-11(6-2)13(17)9-15-7-12-8-16-14(18-12)10(3)4/h8,10-11,13,15,17H,5-7,9H2,1-4H3. The Morgan fingerprint density at radius 1 is 1.33 bits per heavy atom. The molecule has 0 radical (unpaired) electrons. The van der Waals surface area contributed by atoms with Crippen LogP contribution in [0.15, 0.2) is 6.20 Å². The molecule has 18 heavy (non-hydrogen) atoms. The third-order valence-electron chi connectivity index (χ3n) is 3.31. The van der Waals surface area contributed by atoms with E-state index in [1.165, 1.54) is 9.88 Å². The van der Waals surface area contributed by atoms with Gasteiger partial charge in [0, 0.05) is 30.1 Å². The number of hydrogen-bond acceptors (Lipinski definition) is 4. The summed E-state index contributed by atoms with van der Waals surface area (Å²) < 4.78 is 0. The third kappa shape index (κ3) is 4.67. The van der Waals surface area contributed by atoms with Gasteiger partial charge < -0.3 is 10.4 Å². The van der Waals surface area contributed by atoms with Crippen molar-refractivity contribution >= 4 is 11.3 Å². The number of aromatic nitrogens is 1. The average Bonchev–Trinajstić information content (AvgIpc) is 2.79. The van der Waals surface area contributed by atoms with Gasteiger partial charge in [0.1, 0.15) is 0 Å². The zero-order valence-electron chi connectivity index (χ0n) is 11.9. The maximum absolute atomic E-state index is 10.0. The van der Waals surface area contributed by atoms with Crippen LogP contribution in [0.4, 0.5) is 0 Å². The summed E-state index contributed by atoms with van der Waals surface area (Å²) in [5.74, 6) is 0.907. The monoisotopic (exact) mass is 270 g/mol. The second-order valence-electron chi connectivity index (χ2n) is 5.09. The summed E-state index contributed by atoms with van der Waals surface area (Å²) in [5, 5.41) is 14.5. The SMILES string of the molecule is CCC(CC)C(O)CNCc1cnc(C(C)C)s1. The highest BCUT2D eigenvalue weighted by Gasteiger charge is 2.14. The van der Waals surface area contributed by atoms with Crippen LogP contribution in [-0.4, -0.2) is 22.7 Å². The molecule has 0 fully saturated rings. The van der Waals surface area contributed by atoms with Crippen molar-refractivity contribution < 1.29 is 5.11 Å². The Bertz CT molecular complexity index is 334. The smallest absolute Gasteiger partial charge is 0.0953 e. The largest absolute Gasteiger partial charge is 0.392 e. The molecule has 1 aromatic heterocycles. The second-order valence-corrected chi connectivity index (χ2v) is 6.24. The van der Waals surface area contributed by atoms with Crippen LogP contribution in [0.1, 0.15) is 56.3 Å². The van der Waals surface area contributed by atoms with Gasteiger partial charge in [0.05, 0.1) is 11.1 Å². The van der Waals surface area contributed by atoms with Crippen molar-refractivity contribution in [3.05, 3.63) is 16.1 Å². The van der Waals surface area contributed by atoms with Crippen molar-refractivity contribution in [2.45, 2.75) is 59.1 Å². The van der Waals surface area contributed by atoms with Crippen molar-refractivity contribution in [2.24, 2.45) is 5.92 Å². The van der Waals surface area contributed by atoms with E-state index in [2.05, 4.69) is 38.0 Å². The van der Waals surface area contributed by atoms with Gasteiger partial charge >= 0.3 is 0 Å². The predicted molar refractivity (Wildman–Crippen MR) is 78.0 cm³/mol. The first-order valence-corrected chi connectivity index (χ1v) is 7.73. The maximum atomic E-state index is 10.0. The number of nitrogens with one attached hydrogen (secondary N) is 1. The molecule has 0 saturated carbocycles. The number of hydrogen-bond donors (Lipinski definition) is 2.